The molecule has 0 aliphatic carbocycles. The van der Waals surface area contributed by atoms with Crippen molar-refractivity contribution in [3.8, 4) is 5.75 Å². The quantitative estimate of drug-likeness (QED) is 0.685. The molecule has 0 bridgehead atoms. The Morgan fingerprint density at radius 2 is 2.00 bits per heavy atom. The molecule has 1 aliphatic rings. The first-order chi connectivity index (χ1) is 11.3. The van der Waals surface area contributed by atoms with Crippen LogP contribution in [0, 0.1) is 0 Å². The number of carbonyl (C=O) groups excluding carboxylic acids is 1. The second-order valence-electron chi connectivity index (χ2n) is 5.63. The van der Waals surface area contributed by atoms with Gasteiger partial charge in [0.25, 0.3) is 0 Å². The standard InChI is InChI=1S/C18H16N2O2S/c21-12-13-5-7-14(8-6-13)22-15-9-10-20(11-15)18-19-16-3-1-2-4-17(16)23-18/h1-8,12,15H,9-11H2. The van der Waals surface area contributed by atoms with Gasteiger partial charge in [-0.1, -0.05) is 23.5 Å². The first-order valence-corrected chi connectivity index (χ1v) is 8.46. The molecule has 0 spiro atoms. The number of ether oxygens (including phenoxy) is 1. The number of para-hydroxylation sites is 1. The number of hydrogen-bond donors (Lipinski definition) is 0. The largest absolute Gasteiger partial charge is 0.489 e. The fraction of sp³-hybridized carbons (Fsp3) is 0.222. The fourth-order valence-corrected chi connectivity index (χ4v) is 3.81. The highest BCUT2D eigenvalue weighted by atomic mass is 32.1. The lowest BCUT2D eigenvalue weighted by Gasteiger charge is -2.16. The van der Waals surface area contributed by atoms with Gasteiger partial charge in [0.1, 0.15) is 18.1 Å². The predicted octanol–water partition coefficient (Wildman–Crippen LogP) is 3.77. The van der Waals surface area contributed by atoms with Gasteiger partial charge in [0.15, 0.2) is 5.13 Å². The molecule has 116 valence electrons. The predicted molar refractivity (Wildman–Crippen MR) is 92.7 cm³/mol. The number of rotatable bonds is 4. The average Bonchev–Trinajstić information content (AvgIpc) is 3.21. The number of aldehydes is 1. The highest BCUT2D eigenvalue weighted by molar-refractivity contribution is 7.22. The Kier molecular flexibility index (Phi) is 3.71. The summed E-state index contributed by atoms with van der Waals surface area (Å²) in [5.74, 6) is 0.812. The molecule has 1 aromatic heterocycles. The topological polar surface area (TPSA) is 42.4 Å². The molecular weight excluding hydrogens is 308 g/mol. The molecule has 4 nitrogen and oxygen atoms in total. The molecule has 1 aliphatic heterocycles. The van der Waals surface area contributed by atoms with E-state index in [1.165, 1.54) is 4.70 Å². The van der Waals surface area contributed by atoms with Crippen molar-refractivity contribution in [2.24, 2.45) is 0 Å². The second kappa shape index (κ2) is 6.01. The lowest BCUT2D eigenvalue weighted by atomic mass is 10.2. The van der Waals surface area contributed by atoms with Gasteiger partial charge in [0.05, 0.1) is 16.8 Å². The molecule has 0 amide bonds. The van der Waals surface area contributed by atoms with Crippen LogP contribution in [0.1, 0.15) is 16.8 Å². The van der Waals surface area contributed by atoms with Crippen molar-refractivity contribution in [1.29, 1.82) is 0 Å². The van der Waals surface area contributed by atoms with Crippen molar-refractivity contribution >= 4 is 33.0 Å². The summed E-state index contributed by atoms with van der Waals surface area (Å²) in [7, 11) is 0. The minimum atomic E-state index is 0.157. The summed E-state index contributed by atoms with van der Waals surface area (Å²) in [6.45, 7) is 1.80. The third kappa shape index (κ3) is 2.92. The van der Waals surface area contributed by atoms with Crippen LogP contribution in [0.25, 0.3) is 10.2 Å². The number of fused-ring (bicyclic) bond motifs is 1. The van der Waals surface area contributed by atoms with Crippen LogP contribution in [0.3, 0.4) is 0 Å². The van der Waals surface area contributed by atoms with E-state index in [4.69, 9.17) is 9.72 Å². The molecular formula is C18H16N2O2S. The summed E-state index contributed by atoms with van der Waals surface area (Å²) in [5, 5.41) is 1.06. The number of carbonyl (C=O) groups is 1. The fourth-order valence-electron chi connectivity index (χ4n) is 2.81. The number of thiazole rings is 1. The molecule has 2 heterocycles. The normalized spacial score (nSPS) is 17.6. The van der Waals surface area contributed by atoms with Gasteiger partial charge in [-0.15, -0.1) is 0 Å². The van der Waals surface area contributed by atoms with E-state index in [-0.39, 0.29) is 6.10 Å². The molecule has 1 atom stereocenters. The maximum Gasteiger partial charge on any atom is 0.186 e. The molecule has 0 radical (unpaired) electrons. The van der Waals surface area contributed by atoms with Crippen molar-refractivity contribution in [3.63, 3.8) is 0 Å². The van der Waals surface area contributed by atoms with E-state index in [0.29, 0.717) is 5.56 Å². The van der Waals surface area contributed by atoms with E-state index in [2.05, 4.69) is 11.0 Å². The van der Waals surface area contributed by atoms with E-state index >= 15 is 0 Å². The van der Waals surface area contributed by atoms with Crippen LogP contribution < -0.4 is 9.64 Å². The van der Waals surface area contributed by atoms with E-state index < -0.39 is 0 Å². The minimum absolute atomic E-state index is 0.157. The SMILES string of the molecule is O=Cc1ccc(OC2CCN(c3nc4ccccc4s3)C2)cc1. The van der Waals surface area contributed by atoms with Gasteiger partial charge in [-0.05, 0) is 36.4 Å². The molecule has 23 heavy (non-hydrogen) atoms. The maximum absolute atomic E-state index is 10.7. The molecule has 5 heteroatoms. The third-order valence-electron chi connectivity index (χ3n) is 4.02. The van der Waals surface area contributed by atoms with Gasteiger partial charge in [-0.3, -0.25) is 4.79 Å². The number of benzene rings is 2. The van der Waals surface area contributed by atoms with E-state index in [0.717, 1.165) is 42.2 Å². The van der Waals surface area contributed by atoms with E-state index in [9.17, 15) is 4.79 Å². The maximum atomic E-state index is 10.7. The summed E-state index contributed by atoms with van der Waals surface area (Å²) in [5.41, 5.74) is 1.72. The van der Waals surface area contributed by atoms with Crippen molar-refractivity contribution in [2.45, 2.75) is 12.5 Å². The molecule has 0 N–H and O–H groups in total. The van der Waals surface area contributed by atoms with Crippen molar-refractivity contribution in [3.05, 3.63) is 54.1 Å². The van der Waals surface area contributed by atoms with Crippen LogP contribution in [-0.4, -0.2) is 30.5 Å². The Morgan fingerprint density at radius 3 is 2.78 bits per heavy atom. The number of nitrogens with zero attached hydrogens (tertiary/aromatic N) is 2. The van der Waals surface area contributed by atoms with Gasteiger partial charge < -0.3 is 9.64 Å². The second-order valence-corrected chi connectivity index (χ2v) is 6.63. The number of aromatic nitrogens is 1. The molecule has 1 saturated heterocycles. The summed E-state index contributed by atoms with van der Waals surface area (Å²) in [6.07, 6.45) is 1.98. The zero-order chi connectivity index (χ0) is 15.6. The van der Waals surface area contributed by atoms with Crippen molar-refractivity contribution in [2.75, 3.05) is 18.0 Å². The van der Waals surface area contributed by atoms with Gasteiger partial charge in [0.2, 0.25) is 0 Å². The highest BCUT2D eigenvalue weighted by Crippen LogP contribution is 2.31. The lowest BCUT2D eigenvalue weighted by molar-refractivity contribution is 0.112. The third-order valence-corrected chi connectivity index (χ3v) is 5.11. The lowest BCUT2D eigenvalue weighted by Crippen LogP contribution is -2.24. The van der Waals surface area contributed by atoms with Gasteiger partial charge in [-0.2, -0.15) is 0 Å². The Morgan fingerprint density at radius 1 is 1.17 bits per heavy atom. The first kappa shape index (κ1) is 14.2. The summed E-state index contributed by atoms with van der Waals surface area (Å²) in [4.78, 5) is 17.7. The molecule has 4 rings (SSSR count). The van der Waals surface area contributed by atoms with Crippen LogP contribution in [-0.2, 0) is 0 Å². The molecule has 0 saturated carbocycles. The van der Waals surface area contributed by atoms with Crippen molar-refractivity contribution < 1.29 is 9.53 Å². The summed E-state index contributed by atoms with van der Waals surface area (Å²) < 4.78 is 7.24. The molecule has 3 aromatic rings. The number of hydrogen-bond acceptors (Lipinski definition) is 5. The Hall–Kier alpha value is -2.40. The van der Waals surface area contributed by atoms with Gasteiger partial charge >= 0.3 is 0 Å². The van der Waals surface area contributed by atoms with Crippen LogP contribution in [0.15, 0.2) is 48.5 Å². The van der Waals surface area contributed by atoms with Crippen LogP contribution in [0.5, 0.6) is 5.75 Å². The molecule has 1 fully saturated rings. The van der Waals surface area contributed by atoms with E-state index in [1.54, 1.807) is 23.5 Å². The van der Waals surface area contributed by atoms with Crippen LogP contribution in [0.4, 0.5) is 5.13 Å². The highest BCUT2D eigenvalue weighted by Gasteiger charge is 2.26. The van der Waals surface area contributed by atoms with Crippen molar-refractivity contribution in [1.82, 2.24) is 4.98 Å². The average molecular weight is 324 g/mol. The van der Waals surface area contributed by atoms with Gasteiger partial charge in [-0.25, -0.2) is 4.98 Å². The van der Waals surface area contributed by atoms with Crippen LogP contribution in [0.2, 0.25) is 0 Å². The monoisotopic (exact) mass is 324 g/mol. The van der Waals surface area contributed by atoms with Crippen LogP contribution >= 0.6 is 11.3 Å². The van der Waals surface area contributed by atoms with E-state index in [1.807, 2.05) is 30.3 Å². The Balaban J connectivity index is 1.44. The molecule has 1 unspecified atom stereocenters. The Labute approximate surface area is 138 Å². The molecule has 2 aromatic carbocycles. The zero-order valence-electron chi connectivity index (χ0n) is 12.5. The number of anilines is 1. The first-order valence-electron chi connectivity index (χ1n) is 7.64. The zero-order valence-corrected chi connectivity index (χ0v) is 13.3. The van der Waals surface area contributed by atoms with Gasteiger partial charge in [0, 0.05) is 18.5 Å². The Bertz CT molecular complexity index is 795. The summed E-state index contributed by atoms with van der Waals surface area (Å²) in [6, 6.07) is 15.5. The summed E-state index contributed by atoms with van der Waals surface area (Å²) >= 11 is 1.73. The smallest absolute Gasteiger partial charge is 0.186 e. The minimum Gasteiger partial charge on any atom is -0.489 e.